The molecule has 0 unspecified atom stereocenters. The third kappa shape index (κ3) is 5.67. The van der Waals surface area contributed by atoms with E-state index in [1.165, 1.54) is 24.3 Å². The van der Waals surface area contributed by atoms with E-state index >= 15 is 0 Å². The number of aromatic carboxylic acids is 1. The maximum atomic E-state index is 13.6. The van der Waals surface area contributed by atoms with Crippen molar-refractivity contribution in [2.75, 3.05) is 0 Å². The molecular formula is C35H26FN3O3. The number of rotatable bonds is 8. The number of carbonyl (C=O) groups is 2. The van der Waals surface area contributed by atoms with Crippen molar-refractivity contribution < 1.29 is 19.1 Å². The second-order valence-corrected chi connectivity index (χ2v) is 10.0. The molecule has 2 N–H and O–H groups in total. The van der Waals surface area contributed by atoms with E-state index in [0.29, 0.717) is 17.6 Å². The van der Waals surface area contributed by atoms with Gasteiger partial charge in [0.15, 0.2) is 0 Å². The number of fused-ring (bicyclic) bond motifs is 1. The summed E-state index contributed by atoms with van der Waals surface area (Å²) in [6, 6.07) is 34.7. The summed E-state index contributed by atoms with van der Waals surface area (Å²) >= 11 is 0. The third-order valence-corrected chi connectivity index (χ3v) is 7.20. The molecule has 0 atom stereocenters. The van der Waals surface area contributed by atoms with E-state index in [1.54, 1.807) is 36.5 Å². The van der Waals surface area contributed by atoms with E-state index in [1.807, 2.05) is 28.9 Å². The first-order valence-electron chi connectivity index (χ1n) is 13.4. The first kappa shape index (κ1) is 26.7. The molecule has 206 valence electrons. The van der Waals surface area contributed by atoms with Crippen LogP contribution >= 0.6 is 0 Å². The minimum absolute atomic E-state index is 0.180. The molecule has 7 heteroatoms. The fraction of sp³-hybridized carbons (Fsp3) is 0.0571. The maximum Gasteiger partial charge on any atom is 0.335 e. The zero-order valence-electron chi connectivity index (χ0n) is 22.5. The molecule has 0 saturated carbocycles. The maximum absolute atomic E-state index is 13.6. The summed E-state index contributed by atoms with van der Waals surface area (Å²) in [5.74, 6) is -1.64. The van der Waals surface area contributed by atoms with Gasteiger partial charge >= 0.3 is 5.97 Å². The molecule has 0 saturated heterocycles. The Morgan fingerprint density at radius 1 is 0.738 bits per heavy atom. The zero-order chi connectivity index (χ0) is 29.1. The van der Waals surface area contributed by atoms with Crippen molar-refractivity contribution >= 4 is 22.8 Å². The summed E-state index contributed by atoms with van der Waals surface area (Å²) in [7, 11) is 0. The van der Waals surface area contributed by atoms with Crippen molar-refractivity contribution in [1.82, 2.24) is 15.1 Å². The summed E-state index contributed by atoms with van der Waals surface area (Å²) in [6.45, 7) is 0.682. The van der Waals surface area contributed by atoms with Gasteiger partial charge in [0.1, 0.15) is 5.82 Å². The van der Waals surface area contributed by atoms with E-state index in [9.17, 15) is 14.0 Å². The summed E-state index contributed by atoms with van der Waals surface area (Å²) < 4.78 is 15.4. The van der Waals surface area contributed by atoms with Gasteiger partial charge in [0.25, 0.3) is 5.91 Å². The normalized spacial score (nSPS) is 11.0. The second-order valence-electron chi connectivity index (χ2n) is 10.0. The predicted octanol–water partition coefficient (Wildman–Crippen LogP) is 7.19. The predicted molar refractivity (Wildman–Crippen MR) is 161 cm³/mol. The van der Waals surface area contributed by atoms with Crippen molar-refractivity contribution in [1.29, 1.82) is 0 Å². The molecule has 0 spiro atoms. The van der Waals surface area contributed by atoms with Crippen LogP contribution in [-0.2, 0) is 13.1 Å². The highest BCUT2D eigenvalue weighted by atomic mass is 19.1. The number of carboxylic acid groups (broad SMARTS) is 1. The lowest BCUT2D eigenvalue weighted by Crippen LogP contribution is -2.24. The Bertz CT molecular complexity index is 1880. The Labute approximate surface area is 241 Å². The Morgan fingerprint density at radius 3 is 2.05 bits per heavy atom. The van der Waals surface area contributed by atoms with Crippen LogP contribution in [0.15, 0.2) is 121 Å². The lowest BCUT2D eigenvalue weighted by Gasteiger charge is -2.13. The molecule has 0 fully saturated rings. The highest BCUT2D eigenvalue weighted by Gasteiger charge is 2.18. The molecule has 1 heterocycles. The molecule has 0 bridgehead atoms. The molecule has 1 aromatic heterocycles. The molecule has 6 aromatic rings. The van der Waals surface area contributed by atoms with E-state index in [-0.39, 0.29) is 23.8 Å². The van der Waals surface area contributed by atoms with Gasteiger partial charge in [0.2, 0.25) is 0 Å². The Morgan fingerprint density at radius 2 is 1.36 bits per heavy atom. The van der Waals surface area contributed by atoms with Crippen molar-refractivity contribution in [3.8, 4) is 22.3 Å². The Balaban J connectivity index is 1.33. The van der Waals surface area contributed by atoms with Gasteiger partial charge in [-0.25, -0.2) is 9.18 Å². The standard InChI is InChI=1S/C35H26FN3O3/c36-31-16-14-27(15-17-31)29-18-30-21-38-39(22-24-8-10-26(11-9-24)25-4-2-1-3-5-25)33(30)32(19-29)34(40)37-20-23-6-12-28(13-7-23)35(41)42/h1-19,21H,20,22H2,(H,37,40)(H,41,42). The largest absolute Gasteiger partial charge is 0.478 e. The molecular weight excluding hydrogens is 529 g/mol. The van der Waals surface area contributed by atoms with Crippen LogP contribution < -0.4 is 5.32 Å². The van der Waals surface area contributed by atoms with Crippen LogP contribution in [0, 0.1) is 5.82 Å². The number of nitrogens with zero attached hydrogens (tertiary/aromatic N) is 2. The smallest absolute Gasteiger partial charge is 0.335 e. The first-order chi connectivity index (χ1) is 20.4. The van der Waals surface area contributed by atoms with Gasteiger partial charge in [0.05, 0.1) is 29.4 Å². The Kier molecular flexibility index (Phi) is 7.30. The van der Waals surface area contributed by atoms with E-state index in [0.717, 1.165) is 38.8 Å². The topological polar surface area (TPSA) is 84.2 Å². The first-order valence-corrected chi connectivity index (χ1v) is 13.4. The van der Waals surface area contributed by atoms with E-state index in [2.05, 4.69) is 46.8 Å². The van der Waals surface area contributed by atoms with Crippen molar-refractivity contribution in [2.45, 2.75) is 13.1 Å². The van der Waals surface area contributed by atoms with Crippen LogP contribution in [-0.4, -0.2) is 26.8 Å². The van der Waals surface area contributed by atoms with Crippen LogP contribution in [0.25, 0.3) is 33.2 Å². The van der Waals surface area contributed by atoms with Crippen LogP contribution in [0.2, 0.25) is 0 Å². The second kappa shape index (κ2) is 11.5. The number of nitrogens with one attached hydrogen (secondary N) is 1. The average Bonchev–Trinajstić information content (AvgIpc) is 3.43. The van der Waals surface area contributed by atoms with Crippen LogP contribution in [0.3, 0.4) is 0 Å². The van der Waals surface area contributed by atoms with Crippen molar-refractivity contribution in [3.63, 3.8) is 0 Å². The zero-order valence-corrected chi connectivity index (χ0v) is 22.5. The molecule has 0 aliphatic carbocycles. The van der Waals surface area contributed by atoms with E-state index in [4.69, 9.17) is 5.11 Å². The van der Waals surface area contributed by atoms with Gasteiger partial charge in [-0.05, 0) is 69.8 Å². The Hall–Kier alpha value is -5.56. The van der Waals surface area contributed by atoms with Gasteiger partial charge < -0.3 is 10.4 Å². The lowest BCUT2D eigenvalue weighted by atomic mass is 9.99. The molecule has 1 amide bonds. The summed E-state index contributed by atoms with van der Waals surface area (Å²) in [6.07, 6.45) is 1.74. The van der Waals surface area contributed by atoms with Gasteiger partial charge in [-0.15, -0.1) is 0 Å². The van der Waals surface area contributed by atoms with Crippen LogP contribution in [0.5, 0.6) is 0 Å². The fourth-order valence-corrected chi connectivity index (χ4v) is 4.98. The summed E-state index contributed by atoms with van der Waals surface area (Å²) in [4.78, 5) is 24.8. The number of halogens is 1. The van der Waals surface area contributed by atoms with E-state index < -0.39 is 5.97 Å². The molecule has 5 aromatic carbocycles. The lowest BCUT2D eigenvalue weighted by molar-refractivity contribution is 0.0696. The number of carbonyl (C=O) groups excluding carboxylic acids is 1. The van der Waals surface area contributed by atoms with Gasteiger partial charge in [-0.1, -0.05) is 78.9 Å². The van der Waals surface area contributed by atoms with Gasteiger partial charge in [0, 0.05) is 11.9 Å². The molecule has 0 aliphatic heterocycles. The van der Waals surface area contributed by atoms with Gasteiger partial charge in [-0.2, -0.15) is 5.10 Å². The number of hydrogen-bond acceptors (Lipinski definition) is 3. The third-order valence-electron chi connectivity index (χ3n) is 7.20. The number of carboxylic acids is 1. The van der Waals surface area contributed by atoms with Crippen LogP contribution in [0.1, 0.15) is 31.8 Å². The molecule has 0 radical (unpaired) electrons. The minimum atomic E-state index is -1.01. The number of benzene rings is 5. The highest BCUT2D eigenvalue weighted by Crippen LogP contribution is 2.29. The quantitative estimate of drug-likeness (QED) is 0.208. The van der Waals surface area contributed by atoms with Gasteiger partial charge in [-0.3, -0.25) is 9.48 Å². The molecule has 6 rings (SSSR count). The highest BCUT2D eigenvalue weighted by molar-refractivity contribution is 6.07. The van der Waals surface area contributed by atoms with Crippen molar-refractivity contribution in [3.05, 3.63) is 150 Å². The molecule has 0 aliphatic rings. The number of amides is 1. The summed E-state index contributed by atoms with van der Waals surface area (Å²) in [5.41, 5.74) is 6.91. The fourth-order valence-electron chi connectivity index (χ4n) is 4.98. The summed E-state index contributed by atoms with van der Waals surface area (Å²) in [5, 5.41) is 17.5. The molecule has 42 heavy (non-hydrogen) atoms. The average molecular weight is 556 g/mol. The number of hydrogen-bond donors (Lipinski definition) is 2. The van der Waals surface area contributed by atoms with Crippen molar-refractivity contribution in [2.24, 2.45) is 0 Å². The number of aromatic nitrogens is 2. The monoisotopic (exact) mass is 555 g/mol. The minimum Gasteiger partial charge on any atom is -0.478 e. The van der Waals surface area contributed by atoms with Crippen LogP contribution in [0.4, 0.5) is 4.39 Å². The SMILES string of the molecule is O=C(O)c1ccc(CNC(=O)c2cc(-c3ccc(F)cc3)cc3cnn(Cc4ccc(-c5ccccc5)cc4)c23)cc1. The molecule has 6 nitrogen and oxygen atoms in total.